The highest BCUT2D eigenvalue weighted by Gasteiger charge is 2.40. The maximum absolute atomic E-state index is 12.9. The summed E-state index contributed by atoms with van der Waals surface area (Å²) in [6, 6.07) is 12.1. The van der Waals surface area contributed by atoms with E-state index in [9.17, 15) is 9.59 Å². The average molecular weight is 369 g/mol. The zero-order valence-electron chi connectivity index (χ0n) is 15.2. The Morgan fingerprint density at radius 1 is 1.19 bits per heavy atom. The molecule has 1 fully saturated rings. The van der Waals surface area contributed by atoms with Crippen molar-refractivity contribution >= 4 is 11.8 Å². The minimum absolute atomic E-state index is 0.200. The molecule has 2 amide bonds. The van der Waals surface area contributed by atoms with Crippen LogP contribution in [0.25, 0.3) is 0 Å². The van der Waals surface area contributed by atoms with Crippen LogP contribution >= 0.6 is 0 Å². The molecule has 1 aromatic heterocycles. The van der Waals surface area contributed by atoms with E-state index in [4.69, 9.17) is 9.47 Å². The van der Waals surface area contributed by atoms with Gasteiger partial charge in [-0.25, -0.2) is 0 Å². The van der Waals surface area contributed by atoms with Crippen LogP contribution in [0.3, 0.4) is 0 Å². The smallest absolute Gasteiger partial charge is 0.254 e. The summed E-state index contributed by atoms with van der Waals surface area (Å²) >= 11 is 0. The molecule has 1 aliphatic heterocycles. The first kappa shape index (κ1) is 18.8. The van der Waals surface area contributed by atoms with Crippen LogP contribution in [0.1, 0.15) is 16.8 Å². The van der Waals surface area contributed by atoms with Gasteiger partial charge in [-0.3, -0.25) is 14.6 Å². The molecule has 2 unspecified atom stereocenters. The highest BCUT2D eigenvalue weighted by Crippen LogP contribution is 2.25. The Hall–Kier alpha value is -2.93. The van der Waals surface area contributed by atoms with Crippen molar-refractivity contribution in [2.24, 2.45) is 0 Å². The Kier molecular flexibility index (Phi) is 6.38. The molecule has 0 spiro atoms. The van der Waals surface area contributed by atoms with Crippen LogP contribution in [0.2, 0.25) is 0 Å². The lowest BCUT2D eigenvalue weighted by Gasteiger charge is -2.23. The number of carbonyl (C=O) groups excluding carboxylic acids is 2. The van der Waals surface area contributed by atoms with Crippen molar-refractivity contribution < 1.29 is 19.1 Å². The van der Waals surface area contributed by atoms with Gasteiger partial charge in [0.1, 0.15) is 17.9 Å². The fourth-order valence-electron chi connectivity index (χ4n) is 3.10. The van der Waals surface area contributed by atoms with E-state index in [1.807, 2.05) is 30.3 Å². The Balaban J connectivity index is 1.74. The van der Waals surface area contributed by atoms with Crippen LogP contribution in [0, 0.1) is 0 Å². The van der Waals surface area contributed by atoms with Gasteiger partial charge in [-0.05, 0) is 24.3 Å². The summed E-state index contributed by atoms with van der Waals surface area (Å²) in [5, 5.41) is 2.82. The molecule has 0 radical (unpaired) electrons. The van der Waals surface area contributed by atoms with E-state index in [1.165, 1.54) is 0 Å². The van der Waals surface area contributed by atoms with Gasteiger partial charge in [0.2, 0.25) is 5.91 Å². The van der Waals surface area contributed by atoms with E-state index in [1.54, 1.807) is 36.5 Å². The summed E-state index contributed by atoms with van der Waals surface area (Å²) in [6.07, 6.45) is 3.31. The molecule has 142 valence electrons. The third-order valence-corrected chi connectivity index (χ3v) is 4.40. The predicted octanol–water partition coefficient (Wildman–Crippen LogP) is 1.51. The second-order valence-electron chi connectivity index (χ2n) is 6.28. The molecule has 1 N–H and O–H groups in total. The summed E-state index contributed by atoms with van der Waals surface area (Å²) in [5.41, 5.74) is 0.500. The Labute approximate surface area is 158 Å². The van der Waals surface area contributed by atoms with Crippen molar-refractivity contribution in [1.29, 1.82) is 0 Å². The first-order chi connectivity index (χ1) is 13.2. The highest BCUT2D eigenvalue weighted by atomic mass is 16.5. The van der Waals surface area contributed by atoms with Gasteiger partial charge in [0, 0.05) is 38.0 Å². The largest absolute Gasteiger partial charge is 0.488 e. The van der Waals surface area contributed by atoms with Crippen molar-refractivity contribution in [1.82, 2.24) is 15.2 Å². The molecule has 1 saturated heterocycles. The van der Waals surface area contributed by atoms with Gasteiger partial charge in [-0.1, -0.05) is 18.2 Å². The van der Waals surface area contributed by atoms with Crippen LogP contribution in [0.15, 0.2) is 54.9 Å². The predicted molar refractivity (Wildman–Crippen MR) is 99.4 cm³/mol. The van der Waals surface area contributed by atoms with E-state index < -0.39 is 6.04 Å². The van der Waals surface area contributed by atoms with Crippen molar-refractivity contribution in [2.45, 2.75) is 18.6 Å². The molecule has 1 aliphatic rings. The molecule has 2 atom stereocenters. The molecule has 0 aliphatic carbocycles. The first-order valence-electron chi connectivity index (χ1n) is 8.88. The fraction of sp³-hybridized carbons (Fsp3) is 0.350. The fourth-order valence-corrected chi connectivity index (χ4v) is 3.10. The molecule has 2 heterocycles. The topological polar surface area (TPSA) is 80.8 Å². The average Bonchev–Trinajstić information content (AvgIpc) is 3.13. The van der Waals surface area contributed by atoms with Crippen molar-refractivity contribution in [2.75, 3.05) is 26.8 Å². The lowest BCUT2D eigenvalue weighted by molar-refractivity contribution is -0.125. The molecule has 7 nitrogen and oxygen atoms in total. The molecular formula is C20H23N3O4. The molecule has 0 bridgehead atoms. The molecular weight excluding hydrogens is 346 g/mol. The second kappa shape index (κ2) is 9.14. The minimum atomic E-state index is -0.587. The number of aromatic nitrogens is 1. The monoisotopic (exact) mass is 369 g/mol. The number of para-hydroxylation sites is 1. The van der Waals surface area contributed by atoms with E-state index in [0.29, 0.717) is 31.7 Å². The first-order valence-corrected chi connectivity index (χ1v) is 8.88. The van der Waals surface area contributed by atoms with Gasteiger partial charge in [0.25, 0.3) is 5.91 Å². The Morgan fingerprint density at radius 2 is 1.93 bits per heavy atom. The minimum Gasteiger partial charge on any atom is -0.488 e. The third-order valence-electron chi connectivity index (χ3n) is 4.40. The number of pyridine rings is 1. The van der Waals surface area contributed by atoms with Crippen LogP contribution in [0.5, 0.6) is 5.75 Å². The number of nitrogens with zero attached hydrogens (tertiary/aromatic N) is 2. The summed E-state index contributed by atoms with van der Waals surface area (Å²) in [7, 11) is 1.57. The Bertz CT molecular complexity index is 754. The normalized spacial score (nSPS) is 18.9. The lowest BCUT2D eigenvalue weighted by Crippen LogP contribution is -2.46. The van der Waals surface area contributed by atoms with Gasteiger partial charge >= 0.3 is 0 Å². The van der Waals surface area contributed by atoms with E-state index in [-0.39, 0.29) is 17.9 Å². The van der Waals surface area contributed by atoms with Gasteiger partial charge in [-0.2, -0.15) is 0 Å². The number of carbonyl (C=O) groups is 2. The zero-order valence-corrected chi connectivity index (χ0v) is 15.2. The molecule has 2 aromatic rings. The summed E-state index contributed by atoms with van der Waals surface area (Å²) in [6.45, 7) is 1.16. The number of methoxy groups -OCH3 is 1. The van der Waals surface area contributed by atoms with E-state index >= 15 is 0 Å². The number of amides is 2. The highest BCUT2D eigenvalue weighted by molar-refractivity contribution is 5.98. The maximum atomic E-state index is 12.9. The second-order valence-corrected chi connectivity index (χ2v) is 6.28. The molecule has 27 heavy (non-hydrogen) atoms. The SMILES string of the molecule is COCCNC(=O)C1CC(Oc2ccccc2)CN1C(=O)c1ccncc1. The number of ether oxygens (including phenoxy) is 2. The van der Waals surface area contributed by atoms with Gasteiger partial charge < -0.3 is 19.7 Å². The summed E-state index contributed by atoms with van der Waals surface area (Å²) in [4.78, 5) is 31.1. The van der Waals surface area contributed by atoms with Crippen LogP contribution in [-0.2, 0) is 9.53 Å². The van der Waals surface area contributed by atoms with Crippen LogP contribution < -0.4 is 10.1 Å². The van der Waals surface area contributed by atoms with Crippen LogP contribution in [-0.4, -0.2) is 60.7 Å². The number of benzene rings is 1. The number of likely N-dealkylation sites (tertiary alicyclic amines) is 1. The van der Waals surface area contributed by atoms with Crippen LogP contribution in [0.4, 0.5) is 0 Å². The molecule has 3 rings (SSSR count). The maximum Gasteiger partial charge on any atom is 0.254 e. The van der Waals surface area contributed by atoms with E-state index in [0.717, 1.165) is 5.75 Å². The quantitative estimate of drug-likeness (QED) is 0.748. The molecule has 7 heteroatoms. The molecule has 1 aromatic carbocycles. The number of rotatable bonds is 7. The molecule has 0 saturated carbocycles. The number of hydrogen-bond donors (Lipinski definition) is 1. The summed E-state index contributed by atoms with van der Waals surface area (Å²) < 4.78 is 11.0. The zero-order chi connectivity index (χ0) is 19.1. The van der Waals surface area contributed by atoms with Gasteiger partial charge in [0.05, 0.1) is 13.2 Å². The van der Waals surface area contributed by atoms with Gasteiger partial charge in [0.15, 0.2) is 0 Å². The van der Waals surface area contributed by atoms with Crippen molar-refractivity contribution in [3.63, 3.8) is 0 Å². The van der Waals surface area contributed by atoms with Crippen molar-refractivity contribution in [3.05, 3.63) is 60.4 Å². The third kappa shape index (κ3) is 4.83. The van der Waals surface area contributed by atoms with Crippen molar-refractivity contribution in [3.8, 4) is 5.75 Å². The van der Waals surface area contributed by atoms with E-state index in [2.05, 4.69) is 10.3 Å². The number of nitrogens with one attached hydrogen (secondary N) is 1. The number of hydrogen-bond acceptors (Lipinski definition) is 5. The summed E-state index contributed by atoms with van der Waals surface area (Å²) in [5.74, 6) is 0.316. The standard InChI is InChI=1S/C20H23N3O4/c1-26-12-11-22-19(24)18-13-17(27-16-5-3-2-4-6-16)14-23(18)20(25)15-7-9-21-10-8-15/h2-10,17-18H,11-14H2,1H3,(H,22,24). The lowest BCUT2D eigenvalue weighted by atomic mass is 10.1. The van der Waals surface area contributed by atoms with Gasteiger partial charge in [-0.15, -0.1) is 0 Å². The Morgan fingerprint density at radius 3 is 2.63 bits per heavy atom.